The summed E-state index contributed by atoms with van der Waals surface area (Å²) in [6.45, 7) is 4.55. The van der Waals surface area contributed by atoms with E-state index >= 15 is 0 Å². The maximum absolute atomic E-state index is 13.6. The first kappa shape index (κ1) is 15.9. The van der Waals surface area contributed by atoms with Crippen molar-refractivity contribution in [2.75, 3.05) is 13.2 Å². The molecule has 0 saturated carbocycles. The third-order valence-electron chi connectivity index (χ3n) is 4.32. The van der Waals surface area contributed by atoms with Gasteiger partial charge in [-0.25, -0.2) is 4.39 Å². The van der Waals surface area contributed by atoms with Crippen LogP contribution in [-0.2, 0) is 6.54 Å². The Balaban J connectivity index is 2.28. The number of nitrogens with zero attached hydrogens (tertiary/aromatic N) is 1. The molecular weight excluding hydrogens is 273 g/mol. The van der Waals surface area contributed by atoms with Gasteiger partial charge in [-0.1, -0.05) is 6.92 Å². The Morgan fingerprint density at radius 1 is 1.48 bits per heavy atom. The minimum absolute atomic E-state index is 0.00203. The Morgan fingerprint density at radius 3 is 2.81 bits per heavy atom. The van der Waals surface area contributed by atoms with Crippen LogP contribution in [0.4, 0.5) is 4.39 Å². The molecule has 116 valence electrons. The summed E-state index contributed by atoms with van der Waals surface area (Å²) >= 11 is 0. The fourth-order valence-electron chi connectivity index (χ4n) is 3.09. The van der Waals surface area contributed by atoms with Gasteiger partial charge in [0.1, 0.15) is 11.6 Å². The number of halogens is 1. The number of Topliss-reactive ketones (excluding diaryl/α,β-unsaturated/α-hetero) is 1. The molecule has 2 unspecified atom stereocenters. The summed E-state index contributed by atoms with van der Waals surface area (Å²) in [7, 11) is 0. The molecule has 0 aromatic heterocycles. The van der Waals surface area contributed by atoms with Gasteiger partial charge >= 0.3 is 0 Å². The molecule has 21 heavy (non-hydrogen) atoms. The molecule has 2 N–H and O–H groups in total. The van der Waals surface area contributed by atoms with Crippen LogP contribution in [0.25, 0.3) is 0 Å². The second-order valence-electron chi connectivity index (χ2n) is 5.86. The smallest absolute Gasteiger partial charge is 0.163 e. The average molecular weight is 295 g/mol. The lowest BCUT2D eigenvalue weighted by Crippen LogP contribution is -2.46. The quantitative estimate of drug-likeness (QED) is 0.837. The van der Waals surface area contributed by atoms with Gasteiger partial charge in [-0.2, -0.15) is 0 Å². The SMILES string of the molecule is CC(=O)c1cc(F)cc(CN2CCCC(C)C2CO)c1O. The summed E-state index contributed by atoms with van der Waals surface area (Å²) in [6, 6.07) is 2.32. The first-order valence-electron chi connectivity index (χ1n) is 7.31. The Kier molecular flexibility index (Phi) is 4.96. The largest absolute Gasteiger partial charge is 0.507 e. The molecule has 5 heteroatoms. The number of hydrogen-bond donors (Lipinski definition) is 2. The van der Waals surface area contributed by atoms with E-state index in [4.69, 9.17) is 0 Å². The summed E-state index contributed by atoms with van der Waals surface area (Å²) in [4.78, 5) is 13.5. The van der Waals surface area contributed by atoms with E-state index in [9.17, 15) is 19.4 Å². The molecule has 1 saturated heterocycles. The van der Waals surface area contributed by atoms with E-state index < -0.39 is 5.82 Å². The van der Waals surface area contributed by atoms with Crippen LogP contribution in [-0.4, -0.2) is 40.1 Å². The lowest BCUT2D eigenvalue weighted by molar-refractivity contribution is 0.0466. The lowest BCUT2D eigenvalue weighted by Gasteiger charge is -2.39. The third-order valence-corrected chi connectivity index (χ3v) is 4.32. The van der Waals surface area contributed by atoms with Gasteiger partial charge in [0.15, 0.2) is 5.78 Å². The maximum Gasteiger partial charge on any atom is 0.163 e. The molecule has 1 fully saturated rings. The second-order valence-corrected chi connectivity index (χ2v) is 5.86. The van der Waals surface area contributed by atoms with Crippen LogP contribution < -0.4 is 0 Å². The van der Waals surface area contributed by atoms with Crippen molar-refractivity contribution < 1.29 is 19.4 Å². The van der Waals surface area contributed by atoms with Gasteiger partial charge in [0, 0.05) is 18.2 Å². The number of phenols is 1. The van der Waals surface area contributed by atoms with E-state index in [2.05, 4.69) is 6.92 Å². The molecular formula is C16H22FNO3. The Hall–Kier alpha value is -1.46. The lowest BCUT2D eigenvalue weighted by atomic mass is 9.90. The van der Waals surface area contributed by atoms with Crippen LogP contribution in [0.3, 0.4) is 0 Å². The average Bonchev–Trinajstić information content (AvgIpc) is 2.42. The molecule has 1 aromatic carbocycles. The van der Waals surface area contributed by atoms with Crippen molar-refractivity contribution in [2.24, 2.45) is 5.92 Å². The van der Waals surface area contributed by atoms with Crippen LogP contribution >= 0.6 is 0 Å². The number of aromatic hydroxyl groups is 1. The molecule has 0 radical (unpaired) electrons. The van der Waals surface area contributed by atoms with Gasteiger partial charge in [-0.3, -0.25) is 9.69 Å². The highest BCUT2D eigenvalue weighted by Crippen LogP contribution is 2.30. The van der Waals surface area contributed by atoms with E-state index in [0.29, 0.717) is 18.0 Å². The number of likely N-dealkylation sites (tertiary alicyclic amines) is 1. The number of phenolic OH excluding ortho intramolecular Hbond substituents is 1. The number of aliphatic hydroxyl groups is 1. The second kappa shape index (κ2) is 6.54. The number of ketones is 1. The molecule has 2 rings (SSSR count). The molecule has 4 nitrogen and oxygen atoms in total. The highest BCUT2D eigenvalue weighted by atomic mass is 19.1. The van der Waals surface area contributed by atoms with Crippen LogP contribution in [0.2, 0.25) is 0 Å². The summed E-state index contributed by atoms with van der Waals surface area (Å²) in [5.74, 6) is -0.692. The first-order valence-corrected chi connectivity index (χ1v) is 7.31. The van der Waals surface area contributed by atoms with E-state index in [0.717, 1.165) is 25.5 Å². The summed E-state index contributed by atoms with van der Waals surface area (Å²) in [5.41, 5.74) is 0.406. The van der Waals surface area contributed by atoms with Crippen molar-refractivity contribution in [3.8, 4) is 5.75 Å². The van der Waals surface area contributed by atoms with Crippen molar-refractivity contribution in [2.45, 2.75) is 39.3 Å². The Bertz CT molecular complexity index is 532. The predicted molar refractivity (Wildman–Crippen MR) is 77.8 cm³/mol. The summed E-state index contributed by atoms with van der Waals surface area (Å²) in [6.07, 6.45) is 2.06. The first-order chi connectivity index (χ1) is 9.93. The fourth-order valence-corrected chi connectivity index (χ4v) is 3.09. The fraction of sp³-hybridized carbons (Fsp3) is 0.562. The van der Waals surface area contributed by atoms with Gasteiger partial charge in [0.25, 0.3) is 0 Å². The van der Waals surface area contributed by atoms with E-state index in [1.807, 2.05) is 4.90 Å². The number of benzene rings is 1. The highest BCUT2D eigenvalue weighted by Gasteiger charge is 2.28. The normalized spacial score (nSPS) is 23.2. The minimum atomic E-state index is -0.529. The number of carbonyl (C=O) groups excluding carboxylic acids is 1. The standard InChI is InChI=1S/C16H22FNO3/c1-10-4-3-5-18(15(10)9-19)8-12-6-13(17)7-14(11(2)20)16(12)21/h6-7,10,15,19,21H,3-5,8-9H2,1-2H3. The van der Waals surface area contributed by atoms with Crippen LogP contribution in [0.15, 0.2) is 12.1 Å². The Morgan fingerprint density at radius 2 is 2.19 bits per heavy atom. The molecule has 0 amide bonds. The molecule has 1 aliphatic rings. The van der Waals surface area contributed by atoms with Gasteiger partial charge < -0.3 is 10.2 Å². The van der Waals surface area contributed by atoms with E-state index in [-0.39, 0.29) is 29.7 Å². The topological polar surface area (TPSA) is 60.8 Å². The molecule has 1 aromatic rings. The number of carbonyl (C=O) groups is 1. The number of piperidine rings is 1. The van der Waals surface area contributed by atoms with Crippen molar-refractivity contribution in [1.29, 1.82) is 0 Å². The van der Waals surface area contributed by atoms with Crippen molar-refractivity contribution in [3.05, 3.63) is 29.1 Å². The summed E-state index contributed by atoms with van der Waals surface area (Å²) < 4.78 is 13.6. The molecule has 0 bridgehead atoms. The van der Waals surface area contributed by atoms with Gasteiger partial charge in [-0.05, 0) is 44.4 Å². The molecule has 1 heterocycles. The van der Waals surface area contributed by atoms with Gasteiger partial charge in [0.05, 0.1) is 12.2 Å². The van der Waals surface area contributed by atoms with Crippen molar-refractivity contribution in [1.82, 2.24) is 4.90 Å². The number of hydrogen-bond acceptors (Lipinski definition) is 4. The van der Waals surface area contributed by atoms with Crippen LogP contribution in [0.5, 0.6) is 5.75 Å². The molecule has 0 aliphatic carbocycles. The Labute approximate surface area is 124 Å². The highest BCUT2D eigenvalue weighted by molar-refractivity contribution is 5.97. The van der Waals surface area contributed by atoms with Gasteiger partial charge in [0.2, 0.25) is 0 Å². The zero-order chi connectivity index (χ0) is 15.6. The maximum atomic E-state index is 13.6. The molecule has 0 spiro atoms. The van der Waals surface area contributed by atoms with Crippen LogP contribution in [0, 0.1) is 11.7 Å². The zero-order valence-electron chi connectivity index (χ0n) is 12.5. The van der Waals surface area contributed by atoms with Gasteiger partial charge in [-0.15, -0.1) is 0 Å². The zero-order valence-corrected chi connectivity index (χ0v) is 12.5. The van der Waals surface area contributed by atoms with Crippen molar-refractivity contribution >= 4 is 5.78 Å². The van der Waals surface area contributed by atoms with Crippen molar-refractivity contribution in [3.63, 3.8) is 0 Å². The number of aliphatic hydroxyl groups excluding tert-OH is 1. The third kappa shape index (κ3) is 3.41. The molecule has 2 atom stereocenters. The summed E-state index contributed by atoms with van der Waals surface area (Å²) in [5, 5.41) is 19.7. The van der Waals surface area contributed by atoms with Crippen LogP contribution in [0.1, 0.15) is 42.6 Å². The predicted octanol–water partition coefficient (Wildman–Crippen LogP) is 2.33. The van der Waals surface area contributed by atoms with E-state index in [1.54, 1.807) is 0 Å². The minimum Gasteiger partial charge on any atom is -0.507 e. The molecule has 1 aliphatic heterocycles. The number of rotatable bonds is 4. The monoisotopic (exact) mass is 295 g/mol. The van der Waals surface area contributed by atoms with E-state index in [1.165, 1.54) is 13.0 Å².